The molecule has 1 atom stereocenters. The number of para-hydroxylation sites is 1. The fourth-order valence-electron chi connectivity index (χ4n) is 2.63. The summed E-state index contributed by atoms with van der Waals surface area (Å²) in [6.45, 7) is 1.87. The van der Waals surface area contributed by atoms with Gasteiger partial charge in [0.25, 0.3) is 0 Å². The second-order valence-electron chi connectivity index (χ2n) is 5.18. The van der Waals surface area contributed by atoms with Gasteiger partial charge in [-0.05, 0) is 45.0 Å². The predicted octanol–water partition coefficient (Wildman–Crippen LogP) is 2.22. The Morgan fingerprint density at radius 1 is 1.42 bits per heavy atom. The van der Waals surface area contributed by atoms with Gasteiger partial charge < -0.3 is 15.4 Å². The second-order valence-corrected chi connectivity index (χ2v) is 5.18. The van der Waals surface area contributed by atoms with Gasteiger partial charge in [0.05, 0.1) is 12.2 Å². The molecule has 1 fully saturated rings. The first-order chi connectivity index (χ1) is 9.18. The zero-order valence-corrected chi connectivity index (χ0v) is 11.6. The van der Waals surface area contributed by atoms with Gasteiger partial charge >= 0.3 is 0 Å². The zero-order chi connectivity index (χ0) is 13.7. The second kappa shape index (κ2) is 6.57. The molecule has 1 saturated heterocycles. The molecule has 2 rings (SSSR count). The van der Waals surface area contributed by atoms with Crippen LogP contribution in [-0.4, -0.2) is 37.0 Å². The minimum atomic E-state index is 0.0605. The average Bonchev–Trinajstić information content (AvgIpc) is 2.41. The highest BCUT2D eigenvalue weighted by molar-refractivity contribution is 5.97. The number of hydrogen-bond donors (Lipinski definition) is 2. The van der Waals surface area contributed by atoms with Crippen LogP contribution in [0.15, 0.2) is 24.3 Å². The lowest BCUT2D eigenvalue weighted by Gasteiger charge is -2.32. The maximum atomic E-state index is 7.53. The molecule has 3 N–H and O–H groups in total. The Hall–Kier alpha value is -1.55. The third kappa shape index (κ3) is 3.70. The molecule has 1 unspecified atom stereocenters. The quantitative estimate of drug-likeness (QED) is 0.631. The normalized spacial score (nSPS) is 20.2. The topological polar surface area (TPSA) is 62.3 Å². The molecule has 0 saturated carbocycles. The molecule has 0 bridgehead atoms. The highest BCUT2D eigenvalue weighted by Gasteiger charge is 2.18. The summed E-state index contributed by atoms with van der Waals surface area (Å²) in [5.41, 5.74) is 6.23. The molecular formula is C15H23N3O. The van der Waals surface area contributed by atoms with Gasteiger partial charge in [-0.15, -0.1) is 0 Å². The van der Waals surface area contributed by atoms with E-state index in [9.17, 15) is 0 Å². The van der Waals surface area contributed by atoms with E-state index in [4.69, 9.17) is 15.9 Å². The minimum absolute atomic E-state index is 0.0605. The van der Waals surface area contributed by atoms with Gasteiger partial charge in [0.1, 0.15) is 11.6 Å². The number of ether oxygens (including phenoxy) is 1. The fraction of sp³-hybridized carbons (Fsp3) is 0.533. The Morgan fingerprint density at radius 3 is 2.95 bits per heavy atom. The Balaban J connectivity index is 1.87. The number of nitrogens with zero attached hydrogens (tertiary/aromatic N) is 1. The first kappa shape index (κ1) is 13.9. The number of hydrogen-bond acceptors (Lipinski definition) is 3. The molecule has 0 aromatic heterocycles. The lowest BCUT2D eigenvalue weighted by atomic mass is 10.0. The van der Waals surface area contributed by atoms with Crippen molar-refractivity contribution in [3.8, 4) is 5.75 Å². The van der Waals surface area contributed by atoms with Crippen molar-refractivity contribution in [2.24, 2.45) is 5.73 Å². The van der Waals surface area contributed by atoms with Crippen molar-refractivity contribution in [3.63, 3.8) is 0 Å². The maximum Gasteiger partial charge on any atom is 0.130 e. The number of rotatable bonds is 5. The molecule has 1 aliphatic rings. The van der Waals surface area contributed by atoms with E-state index in [0.717, 1.165) is 6.42 Å². The SMILES string of the molecule is CN1CCCCC1CCOc1ccccc1C(=N)N. The van der Waals surface area contributed by atoms with E-state index < -0.39 is 0 Å². The molecule has 4 heteroatoms. The molecule has 1 aliphatic heterocycles. The van der Waals surface area contributed by atoms with Crippen LogP contribution in [0, 0.1) is 5.41 Å². The van der Waals surface area contributed by atoms with E-state index in [1.165, 1.54) is 25.8 Å². The number of amidine groups is 1. The lowest BCUT2D eigenvalue weighted by molar-refractivity contribution is 0.153. The summed E-state index contributed by atoms with van der Waals surface area (Å²) in [5, 5.41) is 7.53. The first-order valence-electron chi connectivity index (χ1n) is 6.95. The van der Waals surface area contributed by atoms with Crippen LogP contribution in [-0.2, 0) is 0 Å². The largest absolute Gasteiger partial charge is 0.493 e. The number of likely N-dealkylation sites (tertiary alicyclic amines) is 1. The van der Waals surface area contributed by atoms with Gasteiger partial charge in [-0.3, -0.25) is 5.41 Å². The van der Waals surface area contributed by atoms with Gasteiger partial charge in [-0.1, -0.05) is 18.6 Å². The van der Waals surface area contributed by atoms with Crippen molar-refractivity contribution >= 4 is 5.84 Å². The zero-order valence-electron chi connectivity index (χ0n) is 11.6. The van der Waals surface area contributed by atoms with E-state index in [-0.39, 0.29) is 5.84 Å². The lowest BCUT2D eigenvalue weighted by Crippen LogP contribution is -2.37. The fourth-order valence-corrected chi connectivity index (χ4v) is 2.63. The summed E-state index contributed by atoms with van der Waals surface area (Å²) in [5.74, 6) is 0.777. The highest BCUT2D eigenvalue weighted by Crippen LogP contribution is 2.20. The van der Waals surface area contributed by atoms with Crippen LogP contribution < -0.4 is 10.5 Å². The number of piperidine rings is 1. The summed E-state index contributed by atoms with van der Waals surface area (Å²) in [7, 11) is 2.19. The summed E-state index contributed by atoms with van der Waals surface area (Å²) >= 11 is 0. The molecule has 1 heterocycles. The van der Waals surface area contributed by atoms with E-state index >= 15 is 0 Å². The standard InChI is InChI=1S/C15H23N3O/c1-18-10-5-4-6-12(18)9-11-19-14-8-3-2-7-13(14)15(16)17/h2-3,7-8,12H,4-6,9-11H2,1H3,(H3,16,17). The summed E-state index contributed by atoms with van der Waals surface area (Å²) in [6.07, 6.45) is 4.91. The van der Waals surface area contributed by atoms with Crippen LogP contribution in [0.1, 0.15) is 31.2 Å². The van der Waals surface area contributed by atoms with Crippen LogP contribution in [0.4, 0.5) is 0 Å². The van der Waals surface area contributed by atoms with Crippen LogP contribution in [0.5, 0.6) is 5.75 Å². The third-order valence-corrected chi connectivity index (χ3v) is 3.81. The van der Waals surface area contributed by atoms with E-state index in [1.54, 1.807) is 0 Å². The van der Waals surface area contributed by atoms with E-state index in [0.29, 0.717) is 24.0 Å². The van der Waals surface area contributed by atoms with Gasteiger partial charge in [0, 0.05) is 6.04 Å². The molecule has 19 heavy (non-hydrogen) atoms. The van der Waals surface area contributed by atoms with Crippen molar-refractivity contribution in [2.45, 2.75) is 31.7 Å². The first-order valence-corrected chi connectivity index (χ1v) is 6.95. The molecular weight excluding hydrogens is 238 g/mol. The van der Waals surface area contributed by atoms with Gasteiger partial charge in [0.2, 0.25) is 0 Å². The van der Waals surface area contributed by atoms with Crippen LogP contribution in [0.3, 0.4) is 0 Å². The maximum absolute atomic E-state index is 7.53. The Kier molecular flexibility index (Phi) is 4.80. The molecule has 0 radical (unpaired) electrons. The number of benzene rings is 1. The molecule has 1 aromatic carbocycles. The monoisotopic (exact) mass is 261 g/mol. The van der Waals surface area contributed by atoms with Crippen molar-refractivity contribution in [1.29, 1.82) is 5.41 Å². The highest BCUT2D eigenvalue weighted by atomic mass is 16.5. The molecule has 1 aromatic rings. The molecule has 4 nitrogen and oxygen atoms in total. The summed E-state index contributed by atoms with van der Waals surface area (Å²) < 4.78 is 5.80. The summed E-state index contributed by atoms with van der Waals surface area (Å²) in [6, 6.07) is 8.11. The minimum Gasteiger partial charge on any atom is -0.493 e. The average molecular weight is 261 g/mol. The Bertz CT molecular complexity index is 433. The van der Waals surface area contributed by atoms with Crippen LogP contribution in [0.25, 0.3) is 0 Å². The van der Waals surface area contributed by atoms with Crippen molar-refractivity contribution < 1.29 is 4.74 Å². The van der Waals surface area contributed by atoms with Gasteiger partial charge in [-0.2, -0.15) is 0 Å². The number of nitrogens with two attached hydrogens (primary N) is 1. The Morgan fingerprint density at radius 2 is 2.21 bits per heavy atom. The predicted molar refractivity (Wildman–Crippen MR) is 77.8 cm³/mol. The Labute approximate surface area is 115 Å². The van der Waals surface area contributed by atoms with E-state index in [1.807, 2.05) is 24.3 Å². The number of nitrogen functional groups attached to an aromatic ring is 1. The van der Waals surface area contributed by atoms with Crippen LogP contribution in [0.2, 0.25) is 0 Å². The van der Waals surface area contributed by atoms with Gasteiger partial charge in [0.15, 0.2) is 0 Å². The van der Waals surface area contributed by atoms with Crippen LogP contribution >= 0.6 is 0 Å². The number of nitrogens with one attached hydrogen (secondary N) is 1. The molecule has 104 valence electrons. The van der Waals surface area contributed by atoms with E-state index in [2.05, 4.69) is 11.9 Å². The summed E-state index contributed by atoms with van der Waals surface area (Å²) in [4.78, 5) is 2.42. The smallest absolute Gasteiger partial charge is 0.130 e. The third-order valence-electron chi connectivity index (χ3n) is 3.81. The van der Waals surface area contributed by atoms with Crippen molar-refractivity contribution in [1.82, 2.24) is 4.90 Å². The molecule has 0 aliphatic carbocycles. The van der Waals surface area contributed by atoms with Crippen molar-refractivity contribution in [3.05, 3.63) is 29.8 Å². The van der Waals surface area contributed by atoms with Gasteiger partial charge in [-0.25, -0.2) is 0 Å². The molecule has 0 spiro atoms. The van der Waals surface area contributed by atoms with Crippen molar-refractivity contribution in [2.75, 3.05) is 20.2 Å². The molecule has 0 amide bonds.